The molecule has 1 aliphatic heterocycles. The van der Waals surface area contributed by atoms with E-state index in [1.54, 1.807) is 4.90 Å². The van der Waals surface area contributed by atoms with Crippen LogP contribution in [0.15, 0.2) is 0 Å². The predicted octanol–water partition coefficient (Wildman–Crippen LogP) is 1.88. The van der Waals surface area contributed by atoms with Crippen LogP contribution in [0.1, 0.15) is 40.0 Å². The normalized spacial score (nSPS) is 21.9. The fourth-order valence-corrected chi connectivity index (χ4v) is 2.90. The van der Waals surface area contributed by atoms with E-state index in [4.69, 9.17) is 9.47 Å². The van der Waals surface area contributed by atoms with E-state index < -0.39 is 5.60 Å². The molecule has 1 aliphatic carbocycles. The Morgan fingerprint density at radius 3 is 2.32 bits per heavy atom. The third-order valence-corrected chi connectivity index (χ3v) is 4.09. The van der Waals surface area contributed by atoms with Crippen molar-refractivity contribution in [1.82, 2.24) is 9.80 Å². The number of hydrogen-bond donors (Lipinski definition) is 0. The zero-order chi connectivity index (χ0) is 16.3. The average molecular weight is 312 g/mol. The first kappa shape index (κ1) is 17.1. The number of methoxy groups -OCH3 is 1. The van der Waals surface area contributed by atoms with Gasteiger partial charge in [0, 0.05) is 26.2 Å². The van der Waals surface area contributed by atoms with Crippen LogP contribution in [0.25, 0.3) is 0 Å². The van der Waals surface area contributed by atoms with Gasteiger partial charge in [0.1, 0.15) is 11.6 Å². The zero-order valence-corrected chi connectivity index (χ0v) is 14.1. The summed E-state index contributed by atoms with van der Waals surface area (Å²) in [6.07, 6.45) is 2.76. The third-order valence-electron chi connectivity index (χ3n) is 4.09. The predicted molar refractivity (Wildman–Crippen MR) is 82.5 cm³/mol. The lowest BCUT2D eigenvalue weighted by molar-refractivity contribution is -0.147. The van der Waals surface area contributed by atoms with Crippen molar-refractivity contribution in [2.75, 3.05) is 33.3 Å². The molecule has 22 heavy (non-hydrogen) atoms. The highest BCUT2D eigenvalue weighted by Gasteiger charge is 2.41. The minimum absolute atomic E-state index is 0.145. The molecule has 0 aromatic carbocycles. The monoisotopic (exact) mass is 312 g/mol. The smallest absolute Gasteiger partial charge is 0.410 e. The summed E-state index contributed by atoms with van der Waals surface area (Å²) in [5, 5.41) is 0. The number of esters is 1. The second-order valence-electron chi connectivity index (χ2n) is 7.16. The molecule has 0 aromatic heterocycles. The Morgan fingerprint density at radius 2 is 1.77 bits per heavy atom. The fourth-order valence-electron chi connectivity index (χ4n) is 2.90. The van der Waals surface area contributed by atoms with Crippen LogP contribution >= 0.6 is 0 Å². The van der Waals surface area contributed by atoms with Crippen molar-refractivity contribution in [2.24, 2.45) is 5.92 Å². The minimum Gasteiger partial charge on any atom is -0.468 e. The van der Waals surface area contributed by atoms with Gasteiger partial charge in [-0.2, -0.15) is 0 Å². The SMILES string of the molecule is COC(=O)C(C1CC1)N1CCCN(C(=O)OC(C)(C)C)CC1. The molecule has 6 nitrogen and oxygen atoms in total. The first-order valence-electron chi connectivity index (χ1n) is 8.11. The van der Waals surface area contributed by atoms with E-state index >= 15 is 0 Å². The van der Waals surface area contributed by atoms with E-state index in [-0.39, 0.29) is 18.1 Å². The Balaban J connectivity index is 1.94. The molecule has 1 saturated heterocycles. The molecule has 0 bridgehead atoms. The number of ether oxygens (including phenoxy) is 2. The third kappa shape index (κ3) is 4.60. The average Bonchev–Trinajstić information content (AvgIpc) is 3.24. The highest BCUT2D eigenvalue weighted by molar-refractivity contribution is 5.76. The van der Waals surface area contributed by atoms with Crippen LogP contribution in [0.5, 0.6) is 0 Å². The molecule has 0 spiro atoms. The van der Waals surface area contributed by atoms with E-state index in [0.29, 0.717) is 25.6 Å². The summed E-state index contributed by atoms with van der Waals surface area (Å²) in [5.41, 5.74) is -0.481. The lowest BCUT2D eigenvalue weighted by Gasteiger charge is -2.29. The molecule has 6 heteroatoms. The van der Waals surface area contributed by atoms with Gasteiger partial charge in [0.25, 0.3) is 0 Å². The molecule has 2 fully saturated rings. The summed E-state index contributed by atoms with van der Waals surface area (Å²) in [6.45, 7) is 8.38. The molecule has 1 amide bonds. The Kier molecular flexibility index (Phi) is 5.32. The quantitative estimate of drug-likeness (QED) is 0.745. The van der Waals surface area contributed by atoms with E-state index in [1.165, 1.54) is 7.11 Å². The van der Waals surface area contributed by atoms with Crippen molar-refractivity contribution >= 4 is 12.1 Å². The minimum atomic E-state index is -0.481. The van der Waals surface area contributed by atoms with Gasteiger partial charge in [0.2, 0.25) is 0 Å². The maximum Gasteiger partial charge on any atom is 0.410 e. The summed E-state index contributed by atoms with van der Waals surface area (Å²) < 4.78 is 10.4. The van der Waals surface area contributed by atoms with Crippen molar-refractivity contribution in [1.29, 1.82) is 0 Å². The van der Waals surface area contributed by atoms with Crippen LogP contribution in [0.3, 0.4) is 0 Å². The van der Waals surface area contributed by atoms with Gasteiger partial charge in [-0.05, 0) is 46.0 Å². The Morgan fingerprint density at radius 1 is 1.09 bits per heavy atom. The summed E-state index contributed by atoms with van der Waals surface area (Å²) >= 11 is 0. The van der Waals surface area contributed by atoms with Crippen LogP contribution in [-0.2, 0) is 14.3 Å². The van der Waals surface area contributed by atoms with Gasteiger partial charge in [-0.1, -0.05) is 0 Å². The molecule has 0 radical (unpaired) electrons. The van der Waals surface area contributed by atoms with Crippen LogP contribution in [0.4, 0.5) is 4.79 Å². The van der Waals surface area contributed by atoms with Crippen molar-refractivity contribution < 1.29 is 19.1 Å². The summed E-state index contributed by atoms with van der Waals surface area (Å²) in [7, 11) is 1.45. The van der Waals surface area contributed by atoms with Crippen LogP contribution in [0.2, 0.25) is 0 Å². The molecule has 1 heterocycles. The molecule has 1 unspecified atom stereocenters. The van der Waals surface area contributed by atoms with Gasteiger partial charge in [-0.3, -0.25) is 9.69 Å². The van der Waals surface area contributed by atoms with Crippen LogP contribution < -0.4 is 0 Å². The topological polar surface area (TPSA) is 59.1 Å². The standard InChI is InChI=1S/C16H28N2O4/c1-16(2,3)22-15(20)18-9-5-8-17(10-11-18)13(12-6-7-12)14(19)21-4/h12-13H,5-11H2,1-4H3. The summed E-state index contributed by atoms with van der Waals surface area (Å²) in [5.74, 6) is 0.272. The van der Waals surface area contributed by atoms with Gasteiger partial charge in [-0.25, -0.2) is 4.79 Å². The van der Waals surface area contributed by atoms with E-state index in [9.17, 15) is 9.59 Å². The molecule has 1 atom stereocenters. The highest BCUT2D eigenvalue weighted by Crippen LogP contribution is 2.36. The van der Waals surface area contributed by atoms with E-state index in [1.807, 2.05) is 20.8 Å². The van der Waals surface area contributed by atoms with E-state index in [2.05, 4.69) is 4.90 Å². The molecular formula is C16H28N2O4. The zero-order valence-electron chi connectivity index (χ0n) is 14.1. The van der Waals surface area contributed by atoms with Crippen molar-refractivity contribution in [2.45, 2.75) is 51.7 Å². The first-order valence-corrected chi connectivity index (χ1v) is 8.11. The van der Waals surface area contributed by atoms with Crippen molar-refractivity contribution in [3.8, 4) is 0 Å². The Labute approximate surface area is 132 Å². The maximum absolute atomic E-state index is 12.2. The highest BCUT2D eigenvalue weighted by atomic mass is 16.6. The molecule has 0 N–H and O–H groups in total. The van der Waals surface area contributed by atoms with E-state index in [0.717, 1.165) is 25.8 Å². The number of carbonyl (C=O) groups excluding carboxylic acids is 2. The molecule has 2 aliphatic rings. The molecular weight excluding hydrogens is 284 g/mol. The van der Waals surface area contributed by atoms with Gasteiger partial charge in [0.15, 0.2) is 0 Å². The lowest BCUT2D eigenvalue weighted by Crippen LogP contribution is -2.46. The number of hydrogen-bond acceptors (Lipinski definition) is 5. The van der Waals surface area contributed by atoms with Crippen molar-refractivity contribution in [3.05, 3.63) is 0 Å². The van der Waals surface area contributed by atoms with Gasteiger partial charge in [-0.15, -0.1) is 0 Å². The maximum atomic E-state index is 12.2. The summed E-state index contributed by atoms with van der Waals surface area (Å²) in [6, 6.07) is -0.149. The second kappa shape index (κ2) is 6.86. The summed E-state index contributed by atoms with van der Waals surface area (Å²) in [4.78, 5) is 28.1. The lowest BCUT2D eigenvalue weighted by atomic mass is 10.1. The molecule has 126 valence electrons. The Bertz CT molecular complexity index is 415. The number of rotatable bonds is 3. The van der Waals surface area contributed by atoms with Gasteiger partial charge < -0.3 is 14.4 Å². The Hall–Kier alpha value is -1.30. The van der Waals surface area contributed by atoms with Gasteiger partial charge >= 0.3 is 12.1 Å². The van der Waals surface area contributed by atoms with Crippen LogP contribution in [-0.4, -0.2) is 66.8 Å². The number of nitrogens with zero attached hydrogens (tertiary/aromatic N) is 2. The molecule has 1 saturated carbocycles. The first-order chi connectivity index (χ1) is 10.3. The molecule has 0 aromatic rings. The fraction of sp³-hybridized carbons (Fsp3) is 0.875. The molecule has 2 rings (SSSR count). The van der Waals surface area contributed by atoms with Gasteiger partial charge in [0.05, 0.1) is 7.11 Å². The second-order valence-corrected chi connectivity index (χ2v) is 7.16. The number of amides is 1. The number of carbonyl (C=O) groups is 2. The van der Waals surface area contributed by atoms with Crippen LogP contribution in [0, 0.1) is 5.92 Å². The largest absolute Gasteiger partial charge is 0.468 e. The van der Waals surface area contributed by atoms with Crippen molar-refractivity contribution in [3.63, 3.8) is 0 Å².